The molecule has 0 radical (unpaired) electrons. The molecule has 5 rings (SSSR count). The Bertz CT molecular complexity index is 1530. The second kappa shape index (κ2) is 8.54. The molecular formula is C22H21N5O6S. The highest BCUT2D eigenvalue weighted by Gasteiger charge is 2.34. The van der Waals surface area contributed by atoms with Crippen LogP contribution in [0.25, 0.3) is 22.4 Å². The molecule has 0 saturated carbocycles. The summed E-state index contributed by atoms with van der Waals surface area (Å²) in [6.45, 7) is 0.494. The standard InChI is InChI=1S/C22H21N5O6S/c1-32-21(28)15-4-2-3-5-18(15)34(30,31)27-10-8-13(9-11-27)20-25-19(26-33-20)14-6-7-16-17(12-14)24-22(29)23-16/h2-7,12-13H,8-11H2,1H3,(H2,23,24,29). The number of nitrogens with one attached hydrogen (secondary N) is 2. The number of benzene rings is 2. The van der Waals surface area contributed by atoms with Crippen molar-refractivity contribution in [2.45, 2.75) is 23.7 Å². The van der Waals surface area contributed by atoms with Crippen LogP contribution in [0, 0.1) is 0 Å². The van der Waals surface area contributed by atoms with E-state index in [4.69, 9.17) is 9.26 Å². The summed E-state index contributed by atoms with van der Waals surface area (Å²) in [5.41, 5.74) is 1.72. The Morgan fingerprint density at radius 2 is 1.85 bits per heavy atom. The van der Waals surface area contributed by atoms with Crippen molar-refractivity contribution in [3.05, 3.63) is 64.4 Å². The number of imidazole rings is 1. The van der Waals surface area contributed by atoms with Gasteiger partial charge in [-0.2, -0.15) is 9.29 Å². The number of piperidine rings is 1. The minimum atomic E-state index is -3.88. The Hall–Kier alpha value is -3.77. The van der Waals surface area contributed by atoms with Gasteiger partial charge in [0.25, 0.3) is 0 Å². The number of sulfonamides is 1. The molecule has 1 fully saturated rings. The second-order valence-corrected chi connectivity index (χ2v) is 9.87. The first kappa shape index (κ1) is 22.0. The van der Waals surface area contributed by atoms with Crippen LogP contribution in [0.15, 0.2) is 56.7 Å². The number of esters is 1. The number of hydrogen-bond donors (Lipinski definition) is 2. The molecule has 3 heterocycles. The lowest BCUT2D eigenvalue weighted by molar-refractivity contribution is 0.0596. The van der Waals surface area contributed by atoms with E-state index in [1.54, 1.807) is 30.3 Å². The van der Waals surface area contributed by atoms with Crippen LogP contribution < -0.4 is 5.69 Å². The molecule has 2 aromatic heterocycles. The number of aromatic amines is 2. The third-order valence-electron chi connectivity index (χ3n) is 5.93. The van der Waals surface area contributed by atoms with E-state index >= 15 is 0 Å². The first-order chi connectivity index (χ1) is 16.4. The third-order valence-corrected chi connectivity index (χ3v) is 7.89. The van der Waals surface area contributed by atoms with Gasteiger partial charge in [0, 0.05) is 24.6 Å². The molecule has 0 spiro atoms. The molecule has 1 aliphatic rings. The maximum absolute atomic E-state index is 13.2. The highest BCUT2D eigenvalue weighted by molar-refractivity contribution is 7.89. The summed E-state index contributed by atoms with van der Waals surface area (Å²) in [5, 5.41) is 4.06. The highest BCUT2D eigenvalue weighted by atomic mass is 32.2. The smallest absolute Gasteiger partial charge is 0.339 e. The molecule has 2 aromatic carbocycles. The number of nitrogens with zero attached hydrogens (tertiary/aromatic N) is 3. The number of fused-ring (bicyclic) bond motifs is 1. The Balaban J connectivity index is 1.32. The molecule has 1 aliphatic heterocycles. The summed E-state index contributed by atoms with van der Waals surface area (Å²) >= 11 is 0. The van der Waals surface area contributed by atoms with E-state index in [1.165, 1.54) is 23.5 Å². The number of H-pyrrole nitrogens is 2. The number of methoxy groups -OCH3 is 1. The quantitative estimate of drug-likeness (QED) is 0.410. The van der Waals surface area contributed by atoms with Crippen LogP contribution in [-0.4, -0.2) is 59.0 Å². The molecule has 12 heteroatoms. The number of carbonyl (C=O) groups is 1. The van der Waals surface area contributed by atoms with E-state index in [9.17, 15) is 18.0 Å². The number of rotatable bonds is 5. The van der Waals surface area contributed by atoms with Crippen LogP contribution >= 0.6 is 0 Å². The zero-order valence-electron chi connectivity index (χ0n) is 18.1. The minimum Gasteiger partial charge on any atom is -0.465 e. The van der Waals surface area contributed by atoms with Crippen molar-refractivity contribution >= 4 is 27.0 Å². The van der Waals surface area contributed by atoms with Crippen molar-refractivity contribution < 1.29 is 22.5 Å². The van der Waals surface area contributed by atoms with E-state index in [0.29, 0.717) is 41.2 Å². The molecule has 0 bridgehead atoms. The summed E-state index contributed by atoms with van der Waals surface area (Å²) in [4.78, 5) is 33.3. The molecule has 176 valence electrons. The highest BCUT2D eigenvalue weighted by Crippen LogP contribution is 2.32. The fourth-order valence-electron chi connectivity index (χ4n) is 4.14. The SMILES string of the molecule is COC(=O)c1ccccc1S(=O)(=O)N1CCC(c2nc(-c3ccc4[nH]c(=O)[nH]c4c3)no2)CC1. The van der Waals surface area contributed by atoms with Crippen molar-refractivity contribution in [2.75, 3.05) is 20.2 Å². The van der Waals surface area contributed by atoms with Crippen LogP contribution in [0.3, 0.4) is 0 Å². The van der Waals surface area contributed by atoms with Crippen LogP contribution in [0.1, 0.15) is 35.0 Å². The van der Waals surface area contributed by atoms with E-state index in [2.05, 4.69) is 20.1 Å². The van der Waals surface area contributed by atoms with Gasteiger partial charge in [0.1, 0.15) is 0 Å². The molecule has 0 amide bonds. The number of aromatic nitrogens is 4. The van der Waals surface area contributed by atoms with E-state index in [1.807, 2.05) is 0 Å². The second-order valence-electron chi connectivity index (χ2n) is 7.96. The van der Waals surface area contributed by atoms with Gasteiger partial charge in [-0.25, -0.2) is 18.0 Å². The Morgan fingerprint density at radius 3 is 2.62 bits per heavy atom. The fraction of sp³-hybridized carbons (Fsp3) is 0.273. The molecule has 0 aliphatic carbocycles. The molecule has 2 N–H and O–H groups in total. The summed E-state index contributed by atoms with van der Waals surface area (Å²) in [6, 6.07) is 11.3. The van der Waals surface area contributed by atoms with E-state index in [-0.39, 0.29) is 35.2 Å². The van der Waals surface area contributed by atoms with Gasteiger partial charge in [0.15, 0.2) is 0 Å². The minimum absolute atomic E-state index is 0.00871. The summed E-state index contributed by atoms with van der Waals surface area (Å²) in [5.74, 6) is 0.0272. The van der Waals surface area contributed by atoms with Gasteiger partial charge in [-0.05, 0) is 43.2 Å². The van der Waals surface area contributed by atoms with Gasteiger partial charge < -0.3 is 19.2 Å². The third kappa shape index (κ3) is 3.90. The van der Waals surface area contributed by atoms with Gasteiger partial charge >= 0.3 is 11.7 Å². The lowest BCUT2D eigenvalue weighted by atomic mass is 9.98. The maximum atomic E-state index is 13.2. The van der Waals surface area contributed by atoms with Gasteiger partial charge in [-0.1, -0.05) is 17.3 Å². The first-order valence-corrected chi connectivity index (χ1v) is 12.0. The zero-order chi connectivity index (χ0) is 23.9. The maximum Gasteiger partial charge on any atom is 0.339 e. The molecular weight excluding hydrogens is 462 g/mol. The van der Waals surface area contributed by atoms with Gasteiger partial charge in [0.05, 0.1) is 28.6 Å². The van der Waals surface area contributed by atoms with Crippen molar-refractivity contribution in [3.8, 4) is 11.4 Å². The Kier molecular flexibility index (Phi) is 5.54. The molecule has 0 unspecified atom stereocenters. The average molecular weight is 484 g/mol. The van der Waals surface area contributed by atoms with Crippen molar-refractivity contribution in [2.24, 2.45) is 0 Å². The van der Waals surface area contributed by atoms with E-state index < -0.39 is 16.0 Å². The molecule has 34 heavy (non-hydrogen) atoms. The van der Waals surface area contributed by atoms with E-state index in [0.717, 1.165) is 0 Å². The lowest BCUT2D eigenvalue weighted by Crippen LogP contribution is -2.38. The van der Waals surface area contributed by atoms with Gasteiger partial charge in [-0.3, -0.25) is 0 Å². The topological polar surface area (TPSA) is 151 Å². The molecule has 1 saturated heterocycles. The normalized spacial score (nSPS) is 15.6. The first-order valence-electron chi connectivity index (χ1n) is 10.6. The fourth-order valence-corrected chi connectivity index (χ4v) is 5.79. The van der Waals surface area contributed by atoms with Crippen LogP contribution in [0.2, 0.25) is 0 Å². The van der Waals surface area contributed by atoms with Crippen molar-refractivity contribution in [3.63, 3.8) is 0 Å². The van der Waals surface area contributed by atoms with Gasteiger partial charge in [-0.15, -0.1) is 0 Å². The molecule has 4 aromatic rings. The number of carbonyl (C=O) groups excluding carboxylic acids is 1. The molecule has 11 nitrogen and oxygen atoms in total. The number of hydrogen-bond acceptors (Lipinski definition) is 8. The monoisotopic (exact) mass is 483 g/mol. The lowest BCUT2D eigenvalue weighted by Gasteiger charge is -2.30. The van der Waals surface area contributed by atoms with Crippen LogP contribution in [-0.2, 0) is 14.8 Å². The summed E-state index contributed by atoms with van der Waals surface area (Å²) in [7, 11) is -2.66. The van der Waals surface area contributed by atoms with Crippen LogP contribution in [0.4, 0.5) is 0 Å². The predicted octanol–water partition coefficient (Wildman–Crippen LogP) is 2.26. The number of ether oxygens (including phenoxy) is 1. The largest absolute Gasteiger partial charge is 0.465 e. The predicted molar refractivity (Wildman–Crippen MR) is 121 cm³/mol. The Morgan fingerprint density at radius 1 is 1.12 bits per heavy atom. The summed E-state index contributed by atoms with van der Waals surface area (Å²) < 4.78 is 38.0. The van der Waals surface area contributed by atoms with Gasteiger partial charge in [0.2, 0.25) is 21.7 Å². The molecule has 0 atom stereocenters. The summed E-state index contributed by atoms with van der Waals surface area (Å²) in [6.07, 6.45) is 0.983. The Labute approximate surface area is 193 Å². The zero-order valence-corrected chi connectivity index (χ0v) is 19.0. The van der Waals surface area contributed by atoms with Crippen molar-refractivity contribution in [1.82, 2.24) is 24.4 Å². The average Bonchev–Trinajstić information content (AvgIpc) is 3.49. The van der Waals surface area contributed by atoms with Crippen molar-refractivity contribution in [1.29, 1.82) is 0 Å². The van der Waals surface area contributed by atoms with Crippen LogP contribution in [0.5, 0.6) is 0 Å².